The van der Waals surface area contributed by atoms with E-state index in [0.717, 1.165) is 12.1 Å². The maximum absolute atomic E-state index is 13.1. The topological polar surface area (TPSA) is 66.9 Å². The Morgan fingerprint density at radius 2 is 1.69 bits per heavy atom. The van der Waals surface area contributed by atoms with Crippen molar-refractivity contribution in [2.24, 2.45) is 5.41 Å². The Balaban J connectivity index is 1.76. The minimum absolute atomic E-state index is 0.149. The molecule has 5 nitrogen and oxygen atoms in total. The molecule has 0 radical (unpaired) electrons. The highest BCUT2D eigenvalue weighted by Gasteiger charge is 2.35. The fourth-order valence-electron chi connectivity index (χ4n) is 3.69. The number of aromatic nitrogens is 2. The molecule has 1 heterocycles. The molecular weight excluding hydrogens is 441 g/mol. The van der Waals surface area contributed by atoms with Crippen molar-refractivity contribution in [3.05, 3.63) is 70.4 Å². The standard InChI is InChI=1S/C23H20ClF3N4O/c1-22(2)11-17-19(18(32)12-22)20(28-16-5-3-4-13(10-16)23(25,26)27)31-21(30-17)29-15-8-6-14(24)7-9-15/h3-10H,11-12H2,1-2H3,(H2,28,29,30,31). The van der Waals surface area contributed by atoms with Gasteiger partial charge in [-0.2, -0.15) is 18.2 Å². The first-order chi connectivity index (χ1) is 15.0. The number of benzene rings is 2. The van der Waals surface area contributed by atoms with Gasteiger partial charge < -0.3 is 10.6 Å². The van der Waals surface area contributed by atoms with Crippen LogP contribution in [0.3, 0.4) is 0 Å². The van der Waals surface area contributed by atoms with E-state index in [0.29, 0.717) is 34.8 Å². The van der Waals surface area contributed by atoms with Gasteiger partial charge in [0.05, 0.1) is 16.8 Å². The summed E-state index contributed by atoms with van der Waals surface area (Å²) in [6.45, 7) is 3.95. The van der Waals surface area contributed by atoms with Crippen LogP contribution >= 0.6 is 11.6 Å². The van der Waals surface area contributed by atoms with Crippen LogP contribution < -0.4 is 10.6 Å². The highest BCUT2D eigenvalue weighted by atomic mass is 35.5. The van der Waals surface area contributed by atoms with Crippen LogP contribution in [-0.2, 0) is 12.6 Å². The van der Waals surface area contributed by atoms with Crippen molar-refractivity contribution < 1.29 is 18.0 Å². The summed E-state index contributed by atoms with van der Waals surface area (Å²) in [5.41, 5.74) is 0.633. The summed E-state index contributed by atoms with van der Waals surface area (Å²) >= 11 is 5.93. The van der Waals surface area contributed by atoms with Gasteiger partial charge in [-0.05, 0) is 54.3 Å². The fourth-order valence-corrected chi connectivity index (χ4v) is 3.81. The number of nitrogens with one attached hydrogen (secondary N) is 2. The van der Waals surface area contributed by atoms with E-state index in [9.17, 15) is 18.0 Å². The molecule has 3 aromatic rings. The lowest BCUT2D eigenvalue weighted by molar-refractivity contribution is -0.137. The zero-order valence-electron chi connectivity index (χ0n) is 17.3. The van der Waals surface area contributed by atoms with Crippen LogP contribution in [0.25, 0.3) is 0 Å². The first-order valence-corrected chi connectivity index (χ1v) is 10.3. The highest BCUT2D eigenvalue weighted by Crippen LogP contribution is 2.38. The van der Waals surface area contributed by atoms with Crippen molar-refractivity contribution in [1.29, 1.82) is 0 Å². The Morgan fingerprint density at radius 1 is 0.969 bits per heavy atom. The molecule has 0 spiro atoms. The van der Waals surface area contributed by atoms with E-state index in [2.05, 4.69) is 20.6 Å². The number of carbonyl (C=O) groups excluding carboxylic acids is 1. The molecule has 2 N–H and O–H groups in total. The van der Waals surface area contributed by atoms with Gasteiger partial charge >= 0.3 is 6.18 Å². The summed E-state index contributed by atoms with van der Waals surface area (Å²) in [5, 5.41) is 6.55. The smallest absolute Gasteiger partial charge is 0.339 e. The summed E-state index contributed by atoms with van der Waals surface area (Å²) in [4.78, 5) is 21.9. The predicted octanol–water partition coefficient (Wildman–Crippen LogP) is 6.79. The van der Waals surface area contributed by atoms with Crippen molar-refractivity contribution in [2.45, 2.75) is 32.9 Å². The highest BCUT2D eigenvalue weighted by molar-refractivity contribution is 6.30. The third-order valence-electron chi connectivity index (χ3n) is 5.10. The van der Waals surface area contributed by atoms with Gasteiger partial charge in [0.2, 0.25) is 5.95 Å². The first kappa shape index (κ1) is 22.1. The van der Waals surface area contributed by atoms with Crippen molar-refractivity contribution >= 4 is 40.5 Å². The molecule has 1 aliphatic carbocycles. The van der Waals surface area contributed by atoms with Gasteiger partial charge in [0, 0.05) is 22.8 Å². The number of hydrogen-bond acceptors (Lipinski definition) is 5. The molecule has 2 aromatic carbocycles. The number of alkyl halides is 3. The lowest BCUT2D eigenvalue weighted by atomic mass is 9.75. The number of carbonyl (C=O) groups is 1. The Hall–Kier alpha value is -3.13. The Morgan fingerprint density at radius 3 is 2.38 bits per heavy atom. The number of hydrogen-bond donors (Lipinski definition) is 2. The molecule has 0 atom stereocenters. The summed E-state index contributed by atoms with van der Waals surface area (Å²) in [6, 6.07) is 11.7. The fraction of sp³-hybridized carbons (Fsp3) is 0.261. The average Bonchev–Trinajstić information content (AvgIpc) is 2.68. The first-order valence-electron chi connectivity index (χ1n) is 9.91. The van der Waals surface area contributed by atoms with Crippen LogP contribution in [0.1, 0.15) is 41.9 Å². The Labute approximate surface area is 188 Å². The van der Waals surface area contributed by atoms with E-state index in [-0.39, 0.29) is 28.7 Å². The number of anilines is 4. The molecule has 1 aromatic heterocycles. The van der Waals surface area contributed by atoms with E-state index in [1.165, 1.54) is 12.1 Å². The molecule has 0 aliphatic heterocycles. The van der Waals surface area contributed by atoms with E-state index < -0.39 is 11.7 Å². The summed E-state index contributed by atoms with van der Waals surface area (Å²) in [5.74, 6) is 0.251. The largest absolute Gasteiger partial charge is 0.416 e. The maximum atomic E-state index is 13.1. The second-order valence-corrected chi connectivity index (χ2v) is 8.93. The van der Waals surface area contributed by atoms with E-state index >= 15 is 0 Å². The monoisotopic (exact) mass is 460 g/mol. The molecule has 4 rings (SSSR count). The molecule has 166 valence electrons. The molecule has 9 heteroatoms. The molecule has 0 saturated heterocycles. The van der Waals surface area contributed by atoms with Gasteiger partial charge in [-0.15, -0.1) is 0 Å². The lowest BCUT2D eigenvalue weighted by Crippen LogP contribution is -2.29. The average molecular weight is 461 g/mol. The molecule has 0 fully saturated rings. The number of Topliss-reactive ketones (excluding diaryl/α,β-unsaturated/α-hetero) is 1. The van der Waals surface area contributed by atoms with Crippen LogP contribution in [0.2, 0.25) is 5.02 Å². The lowest BCUT2D eigenvalue weighted by Gasteiger charge is -2.30. The molecule has 0 unspecified atom stereocenters. The predicted molar refractivity (Wildman–Crippen MR) is 118 cm³/mol. The van der Waals surface area contributed by atoms with Gasteiger partial charge in [-0.3, -0.25) is 4.79 Å². The molecule has 32 heavy (non-hydrogen) atoms. The maximum Gasteiger partial charge on any atom is 0.416 e. The number of rotatable bonds is 4. The van der Waals surface area contributed by atoms with Crippen LogP contribution in [0, 0.1) is 5.41 Å². The zero-order chi connectivity index (χ0) is 23.1. The minimum Gasteiger partial charge on any atom is -0.339 e. The molecule has 0 bridgehead atoms. The van der Waals surface area contributed by atoms with Gasteiger partial charge in [0.15, 0.2) is 5.78 Å². The number of nitrogens with zero attached hydrogens (tertiary/aromatic N) is 2. The molecular formula is C23H20ClF3N4O. The van der Waals surface area contributed by atoms with Crippen molar-refractivity contribution in [1.82, 2.24) is 9.97 Å². The second kappa shape index (κ2) is 8.09. The second-order valence-electron chi connectivity index (χ2n) is 8.49. The number of halogens is 4. The van der Waals surface area contributed by atoms with Crippen molar-refractivity contribution in [3.63, 3.8) is 0 Å². The number of fused-ring (bicyclic) bond motifs is 1. The van der Waals surface area contributed by atoms with Crippen molar-refractivity contribution in [3.8, 4) is 0 Å². The van der Waals surface area contributed by atoms with E-state index in [1.54, 1.807) is 24.3 Å². The molecule has 0 amide bonds. The summed E-state index contributed by atoms with van der Waals surface area (Å²) < 4.78 is 39.4. The van der Waals surface area contributed by atoms with Gasteiger partial charge in [0.1, 0.15) is 5.82 Å². The Kier molecular flexibility index (Phi) is 5.58. The summed E-state index contributed by atoms with van der Waals surface area (Å²) in [7, 11) is 0. The van der Waals surface area contributed by atoms with E-state index in [4.69, 9.17) is 11.6 Å². The third-order valence-corrected chi connectivity index (χ3v) is 5.35. The zero-order valence-corrected chi connectivity index (χ0v) is 18.1. The van der Waals surface area contributed by atoms with Gasteiger partial charge in [0.25, 0.3) is 0 Å². The SMILES string of the molecule is CC1(C)CC(=O)c2c(nc(Nc3ccc(Cl)cc3)nc2Nc2cccc(C(F)(F)F)c2)C1. The normalized spacial score (nSPS) is 15.2. The minimum atomic E-state index is -4.48. The van der Waals surface area contributed by atoms with Crippen molar-refractivity contribution in [2.75, 3.05) is 10.6 Å². The van der Waals surface area contributed by atoms with Crippen LogP contribution in [0.15, 0.2) is 48.5 Å². The quantitative estimate of drug-likeness (QED) is 0.448. The van der Waals surface area contributed by atoms with E-state index in [1.807, 2.05) is 13.8 Å². The number of ketones is 1. The Bertz CT molecular complexity index is 1180. The van der Waals surface area contributed by atoms with Crippen LogP contribution in [-0.4, -0.2) is 15.8 Å². The molecule has 0 saturated carbocycles. The van der Waals surface area contributed by atoms with Gasteiger partial charge in [-0.25, -0.2) is 4.98 Å². The van der Waals surface area contributed by atoms with Crippen LogP contribution in [0.5, 0.6) is 0 Å². The molecule has 1 aliphatic rings. The van der Waals surface area contributed by atoms with Crippen LogP contribution in [0.4, 0.5) is 36.3 Å². The van der Waals surface area contributed by atoms with Gasteiger partial charge in [-0.1, -0.05) is 31.5 Å². The third kappa shape index (κ3) is 4.85. The summed E-state index contributed by atoms with van der Waals surface area (Å²) in [6.07, 6.45) is -3.66.